The summed E-state index contributed by atoms with van der Waals surface area (Å²) in [6, 6.07) is 26.0. The Bertz CT molecular complexity index is 1230. The Labute approximate surface area is 192 Å². The Hall–Kier alpha value is -3.44. The smallest absolute Gasteiger partial charge is 0.227 e. The van der Waals surface area contributed by atoms with Gasteiger partial charge in [0.2, 0.25) is 5.91 Å². The fourth-order valence-corrected chi connectivity index (χ4v) is 4.29. The molecule has 1 saturated heterocycles. The number of hydrogen-bond acceptors (Lipinski definition) is 4. The summed E-state index contributed by atoms with van der Waals surface area (Å²) in [6.07, 6.45) is 0.400. The van der Waals surface area contributed by atoms with Gasteiger partial charge < -0.3 is 9.80 Å². The second kappa shape index (κ2) is 8.97. The lowest BCUT2D eigenvalue weighted by molar-refractivity contribution is -0.130. The molecule has 0 radical (unpaired) electrons. The van der Waals surface area contributed by atoms with Crippen molar-refractivity contribution in [1.29, 1.82) is 0 Å². The standard InChI is InChI=1S/C26H23ClN4O/c27-21-10-8-19(9-11-21)18-26(32)31-16-14-30(15-17-31)25-13-12-24(28-29-25)23-7-3-5-20-4-1-2-6-22(20)23/h1-13H,14-18H2. The van der Waals surface area contributed by atoms with E-state index in [4.69, 9.17) is 11.6 Å². The van der Waals surface area contributed by atoms with Gasteiger partial charge in [-0.2, -0.15) is 0 Å². The number of carbonyl (C=O) groups excluding carboxylic acids is 1. The zero-order valence-corrected chi connectivity index (χ0v) is 18.4. The molecule has 1 aliphatic heterocycles. The third-order valence-corrected chi connectivity index (χ3v) is 6.19. The van der Waals surface area contributed by atoms with Gasteiger partial charge in [0.05, 0.1) is 12.1 Å². The van der Waals surface area contributed by atoms with Gasteiger partial charge in [0.1, 0.15) is 0 Å². The molecule has 0 aliphatic carbocycles. The third kappa shape index (κ3) is 4.30. The molecule has 4 aromatic rings. The first-order valence-electron chi connectivity index (χ1n) is 10.8. The summed E-state index contributed by atoms with van der Waals surface area (Å²) in [6.45, 7) is 2.85. The molecule has 0 unspecified atom stereocenters. The van der Waals surface area contributed by atoms with Crippen molar-refractivity contribution in [2.45, 2.75) is 6.42 Å². The van der Waals surface area contributed by atoms with Crippen LogP contribution in [-0.2, 0) is 11.2 Å². The van der Waals surface area contributed by atoms with E-state index in [9.17, 15) is 4.79 Å². The maximum Gasteiger partial charge on any atom is 0.227 e. The molecule has 1 fully saturated rings. The Morgan fingerprint density at radius 2 is 1.56 bits per heavy atom. The van der Waals surface area contributed by atoms with Crippen molar-refractivity contribution in [3.63, 3.8) is 0 Å². The molecule has 5 nitrogen and oxygen atoms in total. The lowest BCUT2D eigenvalue weighted by Gasteiger charge is -2.35. The van der Waals surface area contributed by atoms with Crippen LogP contribution in [0.15, 0.2) is 78.9 Å². The van der Waals surface area contributed by atoms with Crippen LogP contribution in [0.5, 0.6) is 0 Å². The van der Waals surface area contributed by atoms with Crippen LogP contribution in [0.4, 0.5) is 5.82 Å². The lowest BCUT2D eigenvalue weighted by atomic mass is 10.0. The molecule has 160 valence electrons. The molecule has 1 amide bonds. The Balaban J connectivity index is 1.23. The van der Waals surface area contributed by atoms with Gasteiger partial charge in [0, 0.05) is 36.8 Å². The molecular formula is C26H23ClN4O. The van der Waals surface area contributed by atoms with Gasteiger partial charge in [-0.1, -0.05) is 66.2 Å². The molecular weight excluding hydrogens is 420 g/mol. The van der Waals surface area contributed by atoms with E-state index in [2.05, 4.69) is 39.4 Å². The topological polar surface area (TPSA) is 49.3 Å². The van der Waals surface area contributed by atoms with Gasteiger partial charge in [-0.3, -0.25) is 4.79 Å². The normalized spacial score (nSPS) is 14.0. The summed E-state index contributed by atoms with van der Waals surface area (Å²) in [4.78, 5) is 16.8. The summed E-state index contributed by atoms with van der Waals surface area (Å²) in [7, 11) is 0. The maximum absolute atomic E-state index is 12.7. The largest absolute Gasteiger partial charge is 0.352 e. The van der Waals surface area contributed by atoms with Gasteiger partial charge in [0.15, 0.2) is 5.82 Å². The van der Waals surface area contributed by atoms with Crippen molar-refractivity contribution >= 4 is 34.1 Å². The quantitative estimate of drug-likeness (QED) is 0.453. The van der Waals surface area contributed by atoms with Crippen LogP contribution in [0.3, 0.4) is 0 Å². The number of carbonyl (C=O) groups is 1. The second-order valence-corrected chi connectivity index (χ2v) is 8.41. The second-order valence-electron chi connectivity index (χ2n) is 7.97. The number of anilines is 1. The molecule has 32 heavy (non-hydrogen) atoms. The minimum Gasteiger partial charge on any atom is -0.352 e. The number of rotatable bonds is 4. The number of nitrogens with zero attached hydrogens (tertiary/aromatic N) is 4. The van der Waals surface area contributed by atoms with E-state index in [1.165, 1.54) is 10.8 Å². The molecule has 3 aromatic carbocycles. The maximum atomic E-state index is 12.7. The van der Waals surface area contributed by atoms with E-state index in [1.54, 1.807) is 0 Å². The minimum absolute atomic E-state index is 0.143. The van der Waals surface area contributed by atoms with Crippen LogP contribution in [-0.4, -0.2) is 47.2 Å². The molecule has 6 heteroatoms. The number of halogens is 1. The highest BCUT2D eigenvalue weighted by atomic mass is 35.5. The number of hydrogen-bond donors (Lipinski definition) is 0. The summed E-state index contributed by atoms with van der Waals surface area (Å²) in [5, 5.41) is 12.0. The zero-order chi connectivity index (χ0) is 21.9. The predicted molar refractivity (Wildman–Crippen MR) is 129 cm³/mol. The highest BCUT2D eigenvalue weighted by Crippen LogP contribution is 2.27. The first kappa shape index (κ1) is 20.5. The first-order chi connectivity index (χ1) is 15.7. The van der Waals surface area contributed by atoms with Gasteiger partial charge >= 0.3 is 0 Å². The van der Waals surface area contributed by atoms with Crippen molar-refractivity contribution in [3.8, 4) is 11.3 Å². The molecule has 0 saturated carbocycles. The average Bonchev–Trinajstić information content (AvgIpc) is 2.85. The third-order valence-electron chi connectivity index (χ3n) is 5.94. The molecule has 0 bridgehead atoms. The molecule has 0 atom stereocenters. The number of amides is 1. The van der Waals surface area contributed by atoms with Gasteiger partial charge in [0.25, 0.3) is 0 Å². The molecule has 0 N–H and O–H groups in total. The van der Waals surface area contributed by atoms with Gasteiger partial charge in [-0.25, -0.2) is 0 Å². The van der Waals surface area contributed by atoms with Gasteiger partial charge in [-0.05, 0) is 40.6 Å². The molecule has 1 aliphatic rings. The Morgan fingerprint density at radius 1 is 0.812 bits per heavy atom. The summed E-state index contributed by atoms with van der Waals surface area (Å²) < 4.78 is 0. The summed E-state index contributed by atoms with van der Waals surface area (Å²) in [5.74, 6) is 0.989. The molecule has 0 spiro atoms. The Kier molecular flexibility index (Phi) is 5.73. The van der Waals surface area contributed by atoms with Gasteiger partial charge in [-0.15, -0.1) is 10.2 Å². The highest BCUT2D eigenvalue weighted by molar-refractivity contribution is 6.30. The first-order valence-corrected chi connectivity index (χ1v) is 11.1. The number of benzene rings is 3. The van der Waals surface area contributed by atoms with Crippen LogP contribution in [0.1, 0.15) is 5.56 Å². The van der Waals surface area contributed by atoms with E-state index in [-0.39, 0.29) is 5.91 Å². The number of piperazine rings is 1. The van der Waals surface area contributed by atoms with Crippen LogP contribution in [0.25, 0.3) is 22.0 Å². The van der Waals surface area contributed by atoms with E-state index < -0.39 is 0 Å². The van der Waals surface area contributed by atoms with Crippen LogP contribution < -0.4 is 4.90 Å². The van der Waals surface area contributed by atoms with Crippen molar-refractivity contribution in [1.82, 2.24) is 15.1 Å². The fourth-order valence-electron chi connectivity index (χ4n) is 4.16. The number of aromatic nitrogens is 2. The highest BCUT2D eigenvalue weighted by Gasteiger charge is 2.22. The predicted octanol–water partition coefficient (Wildman–Crippen LogP) is 4.84. The minimum atomic E-state index is 0.143. The van der Waals surface area contributed by atoms with Crippen molar-refractivity contribution in [3.05, 3.63) is 89.4 Å². The van der Waals surface area contributed by atoms with E-state index in [1.807, 2.05) is 59.5 Å². The average molecular weight is 443 g/mol. The Morgan fingerprint density at radius 3 is 2.31 bits per heavy atom. The van der Waals surface area contributed by atoms with E-state index in [0.29, 0.717) is 24.5 Å². The molecule has 1 aromatic heterocycles. The lowest BCUT2D eigenvalue weighted by Crippen LogP contribution is -2.49. The fraction of sp³-hybridized carbons (Fsp3) is 0.192. The molecule has 2 heterocycles. The summed E-state index contributed by atoms with van der Waals surface area (Å²) >= 11 is 5.93. The molecule has 5 rings (SSSR count). The van der Waals surface area contributed by atoms with Crippen molar-refractivity contribution < 1.29 is 4.79 Å². The van der Waals surface area contributed by atoms with Crippen LogP contribution >= 0.6 is 11.6 Å². The van der Waals surface area contributed by atoms with E-state index >= 15 is 0 Å². The monoisotopic (exact) mass is 442 g/mol. The SMILES string of the molecule is O=C(Cc1ccc(Cl)cc1)N1CCN(c2ccc(-c3cccc4ccccc34)nn2)CC1. The van der Waals surface area contributed by atoms with Crippen LogP contribution in [0.2, 0.25) is 5.02 Å². The van der Waals surface area contributed by atoms with E-state index in [0.717, 1.165) is 35.7 Å². The number of fused-ring (bicyclic) bond motifs is 1. The zero-order valence-electron chi connectivity index (χ0n) is 17.6. The van der Waals surface area contributed by atoms with Crippen molar-refractivity contribution in [2.75, 3.05) is 31.1 Å². The van der Waals surface area contributed by atoms with Crippen LogP contribution in [0, 0.1) is 0 Å². The van der Waals surface area contributed by atoms with Crippen molar-refractivity contribution in [2.24, 2.45) is 0 Å². The summed E-state index contributed by atoms with van der Waals surface area (Å²) in [5.41, 5.74) is 2.93.